The summed E-state index contributed by atoms with van der Waals surface area (Å²) in [6.07, 6.45) is 5.77. The summed E-state index contributed by atoms with van der Waals surface area (Å²) in [5, 5.41) is 12.9. The summed E-state index contributed by atoms with van der Waals surface area (Å²) in [6.45, 7) is 4.80. The van der Waals surface area contributed by atoms with Crippen molar-refractivity contribution < 1.29 is 9.84 Å². The Balaban J connectivity index is 1.82. The molecule has 2 N–H and O–H groups in total. The Kier molecular flexibility index (Phi) is 3.44. The van der Waals surface area contributed by atoms with Gasteiger partial charge in [0.25, 0.3) is 0 Å². The van der Waals surface area contributed by atoms with Crippen LogP contribution in [0.15, 0.2) is 11.6 Å². The molecule has 0 aromatic rings. The number of aliphatic hydroxyl groups is 1. The zero-order chi connectivity index (χ0) is 10.7. The van der Waals surface area contributed by atoms with Gasteiger partial charge >= 0.3 is 0 Å². The predicted molar refractivity (Wildman–Crippen MR) is 59.7 cm³/mol. The van der Waals surface area contributed by atoms with Crippen molar-refractivity contribution >= 4 is 0 Å². The molecule has 3 nitrogen and oxygen atoms in total. The van der Waals surface area contributed by atoms with Crippen LogP contribution >= 0.6 is 0 Å². The van der Waals surface area contributed by atoms with Gasteiger partial charge in [-0.1, -0.05) is 6.08 Å². The van der Waals surface area contributed by atoms with Crippen LogP contribution in [0.2, 0.25) is 0 Å². The molecule has 1 aliphatic carbocycles. The molecule has 1 heterocycles. The van der Waals surface area contributed by atoms with Crippen LogP contribution in [0.25, 0.3) is 0 Å². The van der Waals surface area contributed by atoms with Crippen LogP contribution in [0.4, 0.5) is 0 Å². The highest BCUT2D eigenvalue weighted by Crippen LogP contribution is 2.39. The van der Waals surface area contributed by atoms with E-state index in [0.717, 1.165) is 26.2 Å². The number of aliphatic hydroxyl groups excluding tert-OH is 1. The minimum absolute atomic E-state index is 0.0850. The molecule has 1 saturated carbocycles. The van der Waals surface area contributed by atoms with Crippen LogP contribution in [0.3, 0.4) is 0 Å². The highest BCUT2D eigenvalue weighted by molar-refractivity contribution is 5.09. The van der Waals surface area contributed by atoms with Crippen molar-refractivity contribution in [3.8, 4) is 0 Å². The van der Waals surface area contributed by atoms with Crippen LogP contribution in [0, 0.1) is 5.92 Å². The predicted octanol–water partition coefficient (Wildman–Crippen LogP) is 1.08. The number of hydrogen-bond acceptors (Lipinski definition) is 3. The molecule has 0 radical (unpaired) electrons. The van der Waals surface area contributed by atoms with Crippen molar-refractivity contribution in [2.24, 2.45) is 5.92 Å². The fourth-order valence-electron chi connectivity index (χ4n) is 2.10. The molecule has 0 saturated heterocycles. The monoisotopic (exact) mass is 211 g/mol. The van der Waals surface area contributed by atoms with Crippen molar-refractivity contribution in [2.45, 2.75) is 31.7 Å². The van der Waals surface area contributed by atoms with Crippen molar-refractivity contribution in [3.63, 3.8) is 0 Å². The van der Waals surface area contributed by atoms with Gasteiger partial charge in [-0.25, -0.2) is 0 Å². The molecule has 86 valence electrons. The Labute approximate surface area is 91.5 Å². The Morgan fingerprint density at radius 3 is 2.93 bits per heavy atom. The molecule has 3 heteroatoms. The van der Waals surface area contributed by atoms with E-state index in [2.05, 4.69) is 18.3 Å². The third-order valence-electron chi connectivity index (χ3n) is 3.51. The fraction of sp³-hybridized carbons (Fsp3) is 0.833. The second-order valence-corrected chi connectivity index (χ2v) is 4.91. The molecule has 2 rings (SSSR count). The lowest BCUT2D eigenvalue weighted by Gasteiger charge is -2.30. The summed E-state index contributed by atoms with van der Waals surface area (Å²) in [6, 6.07) is 0. The number of hydrogen-bond donors (Lipinski definition) is 2. The average molecular weight is 211 g/mol. The summed E-state index contributed by atoms with van der Waals surface area (Å²) in [5.41, 5.74) is 1.24. The highest BCUT2D eigenvalue weighted by atomic mass is 16.5. The van der Waals surface area contributed by atoms with E-state index < -0.39 is 0 Å². The molecule has 1 aliphatic heterocycles. The summed E-state index contributed by atoms with van der Waals surface area (Å²) in [4.78, 5) is 0. The van der Waals surface area contributed by atoms with E-state index in [4.69, 9.17) is 4.74 Å². The zero-order valence-electron chi connectivity index (χ0n) is 9.46. The minimum Gasteiger partial charge on any atom is -0.394 e. The molecule has 0 aromatic heterocycles. The van der Waals surface area contributed by atoms with Gasteiger partial charge in [0.15, 0.2) is 0 Å². The molecule has 0 spiro atoms. The van der Waals surface area contributed by atoms with E-state index in [1.165, 1.54) is 18.4 Å². The van der Waals surface area contributed by atoms with Gasteiger partial charge in [0.1, 0.15) is 0 Å². The standard InChI is InChI=1S/C12H21NO2/c1-12(9-14,11-4-5-11)13-7-10-3-2-6-15-8-10/h3,11,13-14H,2,4-9H2,1H3. The third-order valence-corrected chi connectivity index (χ3v) is 3.51. The maximum absolute atomic E-state index is 9.41. The quantitative estimate of drug-likeness (QED) is 0.669. The summed E-state index contributed by atoms with van der Waals surface area (Å²) in [5.74, 6) is 0.660. The van der Waals surface area contributed by atoms with Crippen LogP contribution < -0.4 is 5.32 Å². The average Bonchev–Trinajstić information content (AvgIpc) is 3.11. The van der Waals surface area contributed by atoms with Crippen molar-refractivity contribution in [1.29, 1.82) is 0 Å². The molecule has 0 aromatic carbocycles. The Bertz CT molecular complexity index is 248. The zero-order valence-corrected chi connectivity index (χ0v) is 9.46. The van der Waals surface area contributed by atoms with Gasteiger partial charge in [-0.2, -0.15) is 0 Å². The first kappa shape index (κ1) is 11.1. The normalized spacial score (nSPS) is 25.9. The largest absolute Gasteiger partial charge is 0.394 e. The molecule has 15 heavy (non-hydrogen) atoms. The van der Waals surface area contributed by atoms with E-state index in [9.17, 15) is 5.11 Å². The SMILES string of the molecule is CC(CO)(NCC1=CCCOC1)C1CC1. The third kappa shape index (κ3) is 2.80. The van der Waals surface area contributed by atoms with Gasteiger partial charge < -0.3 is 15.2 Å². The van der Waals surface area contributed by atoms with Crippen LogP contribution in [-0.4, -0.2) is 37.0 Å². The molecular formula is C12H21NO2. The van der Waals surface area contributed by atoms with Gasteiger partial charge in [0.2, 0.25) is 0 Å². The molecule has 0 bridgehead atoms. The smallest absolute Gasteiger partial charge is 0.0689 e. The number of nitrogens with one attached hydrogen (secondary N) is 1. The van der Waals surface area contributed by atoms with E-state index in [1.807, 2.05) is 0 Å². The molecule has 1 fully saturated rings. The van der Waals surface area contributed by atoms with Gasteiger partial charge in [-0.3, -0.25) is 0 Å². The van der Waals surface area contributed by atoms with Gasteiger partial charge in [0, 0.05) is 12.1 Å². The van der Waals surface area contributed by atoms with E-state index >= 15 is 0 Å². The molecule has 1 atom stereocenters. The van der Waals surface area contributed by atoms with Gasteiger partial charge in [0.05, 0.1) is 19.8 Å². The van der Waals surface area contributed by atoms with E-state index in [0.29, 0.717) is 5.92 Å². The van der Waals surface area contributed by atoms with Gasteiger partial charge in [-0.05, 0) is 37.7 Å². The number of ether oxygens (including phenoxy) is 1. The maximum atomic E-state index is 9.41. The van der Waals surface area contributed by atoms with Gasteiger partial charge in [-0.15, -0.1) is 0 Å². The molecule has 2 aliphatic rings. The van der Waals surface area contributed by atoms with E-state index in [-0.39, 0.29) is 12.1 Å². The first-order valence-corrected chi connectivity index (χ1v) is 5.86. The Morgan fingerprint density at radius 1 is 1.60 bits per heavy atom. The number of rotatable bonds is 5. The Morgan fingerprint density at radius 2 is 2.40 bits per heavy atom. The van der Waals surface area contributed by atoms with Crippen LogP contribution in [0.1, 0.15) is 26.2 Å². The fourth-order valence-corrected chi connectivity index (χ4v) is 2.10. The lowest BCUT2D eigenvalue weighted by atomic mass is 9.96. The molecular weight excluding hydrogens is 190 g/mol. The van der Waals surface area contributed by atoms with Crippen molar-refractivity contribution in [1.82, 2.24) is 5.32 Å². The van der Waals surface area contributed by atoms with Crippen LogP contribution in [-0.2, 0) is 4.74 Å². The Hall–Kier alpha value is -0.380. The summed E-state index contributed by atoms with van der Waals surface area (Å²) in [7, 11) is 0. The lowest BCUT2D eigenvalue weighted by molar-refractivity contribution is 0.137. The van der Waals surface area contributed by atoms with E-state index in [1.54, 1.807) is 0 Å². The first-order valence-electron chi connectivity index (χ1n) is 5.86. The maximum Gasteiger partial charge on any atom is 0.0689 e. The second kappa shape index (κ2) is 4.64. The topological polar surface area (TPSA) is 41.5 Å². The first-order chi connectivity index (χ1) is 7.24. The summed E-state index contributed by atoms with van der Waals surface area (Å²) >= 11 is 0. The minimum atomic E-state index is -0.0850. The van der Waals surface area contributed by atoms with Crippen LogP contribution in [0.5, 0.6) is 0 Å². The molecule has 1 unspecified atom stereocenters. The van der Waals surface area contributed by atoms with Crippen molar-refractivity contribution in [3.05, 3.63) is 11.6 Å². The second-order valence-electron chi connectivity index (χ2n) is 4.91. The molecule has 0 amide bonds. The highest BCUT2D eigenvalue weighted by Gasteiger charge is 2.40. The summed E-state index contributed by atoms with van der Waals surface area (Å²) < 4.78 is 5.39. The van der Waals surface area contributed by atoms with Crippen molar-refractivity contribution in [2.75, 3.05) is 26.4 Å². The lowest BCUT2D eigenvalue weighted by Crippen LogP contribution is -2.48.